The highest BCUT2D eigenvalue weighted by atomic mass is 35.5. The molecule has 18 heavy (non-hydrogen) atoms. The zero-order chi connectivity index (χ0) is 13.7. The molecule has 1 aromatic heterocycles. The maximum atomic E-state index is 11.2. The number of hydrogen-bond donors (Lipinski definition) is 1. The Morgan fingerprint density at radius 3 is 2.72 bits per heavy atom. The minimum Gasteiger partial charge on any atom is -0.359 e. The molecule has 1 heterocycles. The van der Waals surface area contributed by atoms with Gasteiger partial charge in [-0.1, -0.05) is 25.4 Å². The maximum absolute atomic E-state index is 11.2. The molecule has 0 atom stereocenters. The number of aromatic nitrogens is 2. The first-order chi connectivity index (χ1) is 8.47. The second-order valence-electron chi connectivity index (χ2n) is 4.40. The number of nitrogens with one attached hydrogen (secondary N) is 1. The van der Waals surface area contributed by atoms with Crippen molar-refractivity contribution < 1.29 is 4.79 Å². The molecule has 1 amide bonds. The van der Waals surface area contributed by atoms with Gasteiger partial charge in [-0.3, -0.25) is 4.79 Å². The van der Waals surface area contributed by atoms with Crippen molar-refractivity contribution in [1.82, 2.24) is 15.3 Å². The van der Waals surface area contributed by atoms with Crippen LogP contribution in [0.3, 0.4) is 0 Å². The molecule has 0 saturated carbocycles. The van der Waals surface area contributed by atoms with Crippen LogP contribution in [0.25, 0.3) is 0 Å². The number of nitrogens with zero attached hydrogens (tertiary/aromatic N) is 3. The molecule has 5 nitrogen and oxygen atoms in total. The molecule has 6 heteroatoms. The van der Waals surface area contributed by atoms with Crippen LogP contribution in [-0.4, -0.2) is 36.5 Å². The molecule has 0 unspecified atom stereocenters. The van der Waals surface area contributed by atoms with Crippen molar-refractivity contribution in [1.29, 1.82) is 0 Å². The first-order valence-electron chi connectivity index (χ1n) is 5.89. The van der Waals surface area contributed by atoms with E-state index in [-0.39, 0.29) is 11.8 Å². The SMILES string of the molecule is CNC(=O)CCN(C)c1ncnc(Cl)c1C(C)C. The molecule has 0 saturated heterocycles. The first kappa shape index (κ1) is 14.7. The van der Waals surface area contributed by atoms with E-state index < -0.39 is 0 Å². The number of halogens is 1. The van der Waals surface area contributed by atoms with Crippen molar-refractivity contribution in [2.24, 2.45) is 0 Å². The van der Waals surface area contributed by atoms with Crippen LogP contribution >= 0.6 is 11.6 Å². The smallest absolute Gasteiger partial charge is 0.221 e. The third-order valence-electron chi connectivity index (χ3n) is 2.71. The fourth-order valence-corrected chi connectivity index (χ4v) is 2.01. The van der Waals surface area contributed by atoms with E-state index in [0.29, 0.717) is 18.1 Å². The highest BCUT2D eigenvalue weighted by molar-refractivity contribution is 6.30. The summed E-state index contributed by atoms with van der Waals surface area (Å²) in [5.41, 5.74) is 0.915. The van der Waals surface area contributed by atoms with Gasteiger partial charge in [-0.15, -0.1) is 0 Å². The zero-order valence-electron chi connectivity index (χ0n) is 11.2. The second-order valence-corrected chi connectivity index (χ2v) is 4.76. The monoisotopic (exact) mass is 270 g/mol. The molecule has 0 bridgehead atoms. The predicted molar refractivity (Wildman–Crippen MR) is 73.1 cm³/mol. The molecule has 0 fully saturated rings. The van der Waals surface area contributed by atoms with Gasteiger partial charge in [-0.25, -0.2) is 9.97 Å². The summed E-state index contributed by atoms with van der Waals surface area (Å²) in [6.07, 6.45) is 1.87. The van der Waals surface area contributed by atoms with Crippen LogP contribution in [0.1, 0.15) is 31.7 Å². The number of carbonyl (C=O) groups is 1. The quantitative estimate of drug-likeness (QED) is 0.830. The molecular weight excluding hydrogens is 252 g/mol. The Morgan fingerprint density at radius 2 is 2.17 bits per heavy atom. The van der Waals surface area contributed by atoms with Crippen molar-refractivity contribution in [2.75, 3.05) is 25.5 Å². The van der Waals surface area contributed by atoms with Crippen LogP contribution in [0.5, 0.6) is 0 Å². The fourth-order valence-electron chi connectivity index (χ4n) is 1.67. The average molecular weight is 271 g/mol. The van der Waals surface area contributed by atoms with Crippen LogP contribution in [-0.2, 0) is 4.79 Å². The molecular formula is C12H19ClN4O. The normalized spacial score (nSPS) is 10.6. The molecule has 0 radical (unpaired) electrons. The van der Waals surface area contributed by atoms with Gasteiger partial charge >= 0.3 is 0 Å². The van der Waals surface area contributed by atoms with Crippen molar-refractivity contribution in [2.45, 2.75) is 26.2 Å². The minimum absolute atomic E-state index is 0.00750. The van der Waals surface area contributed by atoms with Crippen molar-refractivity contribution >= 4 is 23.3 Å². The first-order valence-corrected chi connectivity index (χ1v) is 6.27. The Bertz CT molecular complexity index is 423. The Morgan fingerprint density at radius 1 is 1.50 bits per heavy atom. The van der Waals surface area contributed by atoms with E-state index in [2.05, 4.69) is 15.3 Å². The van der Waals surface area contributed by atoms with Gasteiger partial charge in [0.15, 0.2) is 0 Å². The Hall–Kier alpha value is -1.36. The summed E-state index contributed by atoms with van der Waals surface area (Å²) in [6, 6.07) is 0. The lowest BCUT2D eigenvalue weighted by Crippen LogP contribution is -2.27. The Labute approximate surface area is 113 Å². The van der Waals surface area contributed by atoms with Gasteiger partial charge in [0.1, 0.15) is 17.3 Å². The number of hydrogen-bond acceptors (Lipinski definition) is 4. The van der Waals surface area contributed by atoms with E-state index in [1.54, 1.807) is 7.05 Å². The molecule has 100 valence electrons. The third-order valence-corrected chi connectivity index (χ3v) is 3.01. The second kappa shape index (κ2) is 6.54. The topological polar surface area (TPSA) is 58.1 Å². The lowest BCUT2D eigenvalue weighted by atomic mass is 10.1. The number of amides is 1. The fraction of sp³-hybridized carbons (Fsp3) is 0.583. The van der Waals surface area contributed by atoms with E-state index >= 15 is 0 Å². The molecule has 0 aliphatic carbocycles. The van der Waals surface area contributed by atoms with E-state index in [4.69, 9.17) is 11.6 Å². The summed E-state index contributed by atoms with van der Waals surface area (Å²) in [4.78, 5) is 21.4. The van der Waals surface area contributed by atoms with Crippen molar-refractivity contribution in [3.63, 3.8) is 0 Å². The standard InChI is InChI=1S/C12H19ClN4O/c1-8(2)10-11(13)15-7-16-12(10)17(4)6-5-9(18)14-3/h7-8H,5-6H2,1-4H3,(H,14,18). The summed E-state index contributed by atoms with van der Waals surface area (Å²) in [6.45, 7) is 4.67. The minimum atomic E-state index is 0.00750. The summed E-state index contributed by atoms with van der Waals surface area (Å²) in [5, 5.41) is 3.07. The van der Waals surface area contributed by atoms with E-state index in [1.807, 2.05) is 25.8 Å². The van der Waals surface area contributed by atoms with Crippen molar-refractivity contribution in [3.05, 3.63) is 17.0 Å². The Balaban J connectivity index is 2.88. The van der Waals surface area contributed by atoms with Gasteiger partial charge in [-0.05, 0) is 5.92 Å². The lowest BCUT2D eigenvalue weighted by Gasteiger charge is -2.22. The summed E-state index contributed by atoms with van der Waals surface area (Å²) >= 11 is 6.10. The number of carbonyl (C=O) groups excluding carboxylic acids is 1. The summed E-state index contributed by atoms with van der Waals surface area (Å²) in [5.74, 6) is 1.03. The highest BCUT2D eigenvalue weighted by Crippen LogP contribution is 2.29. The number of anilines is 1. The van der Waals surface area contributed by atoms with Crippen LogP contribution in [0.4, 0.5) is 5.82 Å². The van der Waals surface area contributed by atoms with E-state index in [0.717, 1.165) is 11.4 Å². The van der Waals surface area contributed by atoms with Crippen molar-refractivity contribution in [3.8, 4) is 0 Å². The van der Waals surface area contributed by atoms with Gasteiger partial charge in [0, 0.05) is 32.6 Å². The van der Waals surface area contributed by atoms with Gasteiger partial charge < -0.3 is 10.2 Å². The van der Waals surface area contributed by atoms with Crippen LogP contribution in [0.15, 0.2) is 6.33 Å². The summed E-state index contributed by atoms with van der Waals surface area (Å²) < 4.78 is 0. The molecule has 1 rings (SSSR count). The Kier molecular flexibility index (Phi) is 5.34. The van der Waals surface area contributed by atoms with Gasteiger partial charge in [-0.2, -0.15) is 0 Å². The maximum Gasteiger partial charge on any atom is 0.221 e. The molecule has 0 aliphatic rings. The molecule has 1 aromatic rings. The average Bonchev–Trinajstić information content (AvgIpc) is 2.34. The van der Waals surface area contributed by atoms with Crippen LogP contribution in [0, 0.1) is 0 Å². The molecule has 0 aromatic carbocycles. The largest absolute Gasteiger partial charge is 0.359 e. The zero-order valence-corrected chi connectivity index (χ0v) is 12.0. The van der Waals surface area contributed by atoms with E-state index in [1.165, 1.54) is 6.33 Å². The van der Waals surface area contributed by atoms with Gasteiger partial charge in [0.05, 0.1) is 0 Å². The molecule has 0 aliphatic heterocycles. The van der Waals surface area contributed by atoms with Gasteiger partial charge in [0.2, 0.25) is 5.91 Å². The van der Waals surface area contributed by atoms with E-state index in [9.17, 15) is 4.79 Å². The lowest BCUT2D eigenvalue weighted by molar-refractivity contribution is -0.120. The summed E-state index contributed by atoms with van der Waals surface area (Å²) in [7, 11) is 3.52. The highest BCUT2D eigenvalue weighted by Gasteiger charge is 2.16. The molecule has 0 spiro atoms. The molecule has 1 N–H and O–H groups in total. The van der Waals surface area contributed by atoms with Gasteiger partial charge in [0.25, 0.3) is 0 Å². The number of rotatable bonds is 5. The van der Waals surface area contributed by atoms with Crippen LogP contribution < -0.4 is 10.2 Å². The predicted octanol–water partition coefficient (Wildman–Crippen LogP) is 1.83. The van der Waals surface area contributed by atoms with Crippen LogP contribution in [0.2, 0.25) is 5.15 Å². The third kappa shape index (κ3) is 3.57.